The third-order valence-corrected chi connectivity index (χ3v) is 2.80. The molecule has 2 rings (SSSR count). The van der Waals surface area contributed by atoms with Gasteiger partial charge in [-0.15, -0.1) is 0 Å². The molecule has 1 aliphatic rings. The molecule has 3 nitrogen and oxygen atoms in total. The Kier molecular flexibility index (Phi) is 2.80. The molecule has 1 aliphatic carbocycles. The number of methoxy groups -OCH3 is 1. The lowest BCUT2D eigenvalue weighted by Crippen LogP contribution is -2.32. The van der Waals surface area contributed by atoms with Gasteiger partial charge in [-0.05, 0) is 26.2 Å². The number of hydrogen-bond acceptors (Lipinski definition) is 2. The second-order valence-corrected chi connectivity index (χ2v) is 3.99. The van der Waals surface area contributed by atoms with Crippen molar-refractivity contribution in [2.24, 2.45) is 0 Å². The summed E-state index contributed by atoms with van der Waals surface area (Å²) in [7, 11) is 1.72. The Morgan fingerprint density at radius 1 is 1.67 bits per heavy atom. The molecule has 1 saturated carbocycles. The maximum atomic E-state index is 5.34. The van der Waals surface area contributed by atoms with Crippen LogP contribution in [0.1, 0.15) is 39.2 Å². The summed E-state index contributed by atoms with van der Waals surface area (Å²) in [6.07, 6.45) is 7.64. The number of rotatable bonds is 3. The molecule has 0 radical (unpaired) electrons. The van der Waals surface area contributed by atoms with Crippen molar-refractivity contribution in [3.8, 4) is 0 Å². The van der Waals surface area contributed by atoms with E-state index in [0.717, 1.165) is 22.9 Å². The topological polar surface area (TPSA) is 27.1 Å². The van der Waals surface area contributed by atoms with E-state index >= 15 is 0 Å². The van der Waals surface area contributed by atoms with Gasteiger partial charge in [0.15, 0.2) is 0 Å². The van der Waals surface area contributed by atoms with Crippen molar-refractivity contribution in [3.63, 3.8) is 0 Å². The van der Waals surface area contributed by atoms with Crippen LogP contribution in [0.3, 0.4) is 0 Å². The van der Waals surface area contributed by atoms with Crippen LogP contribution in [0, 0.1) is 0 Å². The van der Waals surface area contributed by atoms with Crippen molar-refractivity contribution in [2.75, 3.05) is 7.11 Å². The van der Waals surface area contributed by atoms with Gasteiger partial charge in [0.25, 0.3) is 0 Å². The Bertz CT molecular complexity index is 454. The highest BCUT2D eigenvalue weighted by Crippen LogP contribution is 2.32. The number of aromatic nitrogens is 2. The first-order valence-corrected chi connectivity index (χ1v) is 5.55. The van der Waals surface area contributed by atoms with Crippen LogP contribution in [0.25, 0.3) is 11.8 Å². The molecule has 0 aliphatic heterocycles. The third kappa shape index (κ3) is 1.91. The molecule has 1 heterocycles. The van der Waals surface area contributed by atoms with E-state index in [1.165, 1.54) is 12.8 Å². The van der Waals surface area contributed by atoms with E-state index in [0.29, 0.717) is 6.04 Å². The van der Waals surface area contributed by atoms with Crippen molar-refractivity contribution in [3.05, 3.63) is 17.0 Å². The van der Waals surface area contributed by atoms with E-state index in [-0.39, 0.29) is 0 Å². The van der Waals surface area contributed by atoms with Gasteiger partial charge in [0.1, 0.15) is 11.1 Å². The van der Waals surface area contributed by atoms with Gasteiger partial charge >= 0.3 is 0 Å². The molecule has 0 unspecified atom stereocenters. The van der Waals surface area contributed by atoms with Crippen molar-refractivity contribution in [2.45, 2.75) is 39.2 Å². The molecule has 1 aromatic heterocycles. The summed E-state index contributed by atoms with van der Waals surface area (Å²) in [5, 5.41) is 2.21. The fourth-order valence-electron chi connectivity index (χ4n) is 1.81. The molecule has 1 aromatic rings. The second-order valence-electron chi connectivity index (χ2n) is 3.99. The molecule has 0 atom stereocenters. The number of hydrogen-bond donors (Lipinski definition) is 0. The third-order valence-electron chi connectivity index (χ3n) is 2.80. The molecule has 0 amide bonds. The zero-order valence-electron chi connectivity index (χ0n) is 9.66. The van der Waals surface area contributed by atoms with Crippen LogP contribution in [0.2, 0.25) is 0 Å². The van der Waals surface area contributed by atoms with E-state index < -0.39 is 0 Å². The van der Waals surface area contributed by atoms with Gasteiger partial charge in [0.05, 0.1) is 18.8 Å². The predicted molar refractivity (Wildman–Crippen MR) is 60.6 cm³/mol. The lowest BCUT2D eigenvalue weighted by molar-refractivity contribution is 0.357. The highest BCUT2D eigenvalue weighted by molar-refractivity contribution is 5.33. The van der Waals surface area contributed by atoms with Crippen molar-refractivity contribution in [1.82, 2.24) is 9.55 Å². The smallest absolute Gasteiger partial charge is 0.118 e. The number of nitrogens with zero attached hydrogens (tertiary/aromatic N) is 2. The minimum Gasteiger partial charge on any atom is -0.499 e. The highest BCUT2D eigenvalue weighted by Gasteiger charge is 2.24. The van der Waals surface area contributed by atoms with Crippen LogP contribution in [0.15, 0.2) is 6.33 Å². The standard InChI is InChI=1S/C12H18N2O/c1-4-5-11-12(9(2)15-3)14(8-13-11)10-6-7-10/h5,8,10H,4,6-7H2,1-3H3. The quantitative estimate of drug-likeness (QED) is 0.742. The summed E-state index contributed by atoms with van der Waals surface area (Å²) >= 11 is 0. The molecule has 0 N–H and O–H groups in total. The summed E-state index contributed by atoms with van der Waals surface area (Å²) in [6.45, 7) is 4.13. The van der Waals surface area contributed by atoms with Crippen molar-refractivity contribution in [1.29, 1.82) is 0 Å². The van der Waals surface area contributed by atoms with Gasteiger partial charge in [0, 0.05) is 6.04 Å². The Morgan fingerprint density at radius 2 is 2.40 bits per heavy atom. The molecule has 1 fully saturated rings. The average Bonchev–Trinajstić information content (AvgIpc) is 3.00. The first-order chi connectivity index (χ1) is 7.27. The van der Waals surface area contributed by atoms with Crippen LogP contribution in [-0.4, -0.2) is 16.7 Å². The lowest BCUT2D eigenvalue weighted by Gasteiger charge is -2.02. The van der Waals surface area contributed by atoms with E-state index in [1.54, 1.807) is 7.11 Å². The summed E-state index contributed by atoms with van der Waals surface area (Å²) in [5.41, 5.74) is 0. The zero-order valence-corrected chi connectivity index (χ0v) is 9.66. The van der Waals surface area contributed by atoms with Gasteiger partial charge in [0.2, 0.25) is 0 Å². The normalized spacial score (nSPS) is 19.3. The average molecular weight is 206 g/mol. The molecule has 3 heteroatoms. The molecule has 0 bridgehead atoms. The summed E-state index contributed by atoms with van der Waals surface area (Å²) in [5.74, 6) is 0.958. The largest absolute Gasteiger partial charge is 0.499 e. The van der Waals surface area contributed by atoms with E-state index in [4.69, 9.17) is 4.74 Å². The van der Waals surface area contributed by atoms with Crippen molar-refractivity contribution >= 4 is 11.8 Å². The van der Waals surface area contributed by atoms with E-state index in [1.807, 2.05) is 13.3 Å². The minimum absolute atomic E-state index is 0.650. The zero-order chi connectivity index (χ0) is 10.8. The molecule has 0 spiro atoms. The van der Waals surface area contributed by atoms with E-state index in [9.17, 15) is 0 Å². The Morgan fingerprint density at radius 3 is 2.93 bits per heavy atom. The molecule has 82 valence electrons. The van der Waals surface area contributed by atoms with Crippen molar-refractivity contribution < 1.29 is 4.74 Å². The Hall–Kier alpha value is -1.25. The fourth-order valence-corrected chi connectivity index (χ4v) is 1.81. The highest BCUT2D eigenvalue weighted by atomic mass is 16.5. The van der Waals surface area contributed by atoms with Gasteiger partial charge in [-0.1, -0.05) is 13.0 Å². The first-order valence-electron chi connectivity index (χ1n) is 5.55. The maximum Gasteiger partial charge on any atom is 0.118 e. The molecular formula is C12H18N2O. The van der Waals surface area contributed by atoms with Gasteiger partial charge < -0.3 is 9.30 Å². The van der Waals surface area contributed by atoms with Crippen LogP contribution < -0.4 is 10.7 Å². The summed E-state index contributed by atoms with van der Waals surface area (Å²) in [6, 6.07) is 0.650. The van der Waals surface area contributed by atoms with Crippen LogP contribution in [-0.2, 0) is 4.74 Å². The van der Waals surface area contributed by atoms with Gasteiger partial charge in [-0.2, -0.15) is 0 Å². The minimum atomic E-state index is 0.650. The van der Waals surface area contributed by atoms with Crippen LogP contribution in [0.5, 0.6) is 0 Å². The fraction of sp³-hybridized carbons (Fsp3) is 0.583. The molecule has 15 heavy (non-hydrogen) atoms. The molecular weight excluding hydrogens is 188 g/mol. The molecule has 0 saturated heterocycles. The number of ether oxygens (including phenoxy) is 1. The SMILES string of the molecule is CCC=c1ncn(C2CC2)c1=C(C)OC. The molecule has 0 aromatic carbocycles. The monoisotopic (exact) mass is 206 g/mol. The Balaban J connectivity index is 2.64. The maximum absolute atomic E-state index is 5.34. The predicted octanol–water partition coefficient (Wildman–Crippen LogP) is 1.18. The van der Waals surface area contributed by atoms with Gasteiger partial charge in [-0.25, -0.2) is 4.98 Å². The summed E-state index contributed by atoms with van der Waals surface area (Å²) in [4.78, 5) is 4.44. The van der Waals surface area contributed by atoms with E-state index in [2.05, 4.69) is 22.6 Å². The Labute approximate surface area is 90.1 Å². The summed E-state index contributed by atoms with van der Waals surface area (Å²) < 4.78 is 7.59. The number of imidazole rings is 1. The van der Waals surface area contributed by atoms with Crippen LogP contribution >= 0.6 is 0 Å². The first kappa shape index (κ1) is 10.3. The second kappa shape index (κ2) is 4.09. The van der Waals surface area contributed by atoms with Crippen LogP contribution in [0.4, 0.5) is 0 Å². The van der Waals surface area contributed by atoms with Gasteiger partial charge in [-0.3, -0.25) is 0 Å². The lowest BCUT2D eigenvalue weighted by atomic mass is 10.3.